The van der Waals surface area contributed by atoms with Crippen LogP contribution in [-0.2, 0) is 0 Å². The first kappa shape index (κ1) is 13.8. The fraction of sp³-hybridized carbons (Fsp3) is 0.545. The maximum atomic E-state index is 9.24. The Balaban J connectivity index is 2.86. The molecule has 1 heterocycles. The van der Waals surface area contributed by atoms with E-state index in [0.717, 1.165) is 5.69 Å². The molecule has 0 spiro atoms. The number of anilines is 1. The van der Waals surface area contributed by atoms with E-state index < -0.39 is 0 Å². The summed E-state index contributed by atoms with van der Waals surface area (Å²) in [5, 5.41) is 9.24. The van der Waals surface area contributed by atoms with Gasteiger partial charge in [-0.25, -0.2) is 9.97 Å². The van der Waals surface area contributed by atoms with E-state index >= 15 is 0 Å². The smallest absolute Gasteiger partial charge is 0.225 e. The highest BCUT2D eigenvalue weighted by molar-refractivity contribution is 7.80. The van der Waals surface area contributed by atoms with Gasteiger partial charge in [0.2, 0.25) is 5.95 Å². The van der Waals surface area contributed by atoms with Crippen LogP contribution in [0.3, 0.4) is 0 Å². The van der Waals surface area contributed by atoms with Gasteiger partial charge in [-0.1, -0.05) is 12.2 Å². The van der Waals surface area contributed by atoms with Gasteiger partial charge in [-0.15, -0.1) is 0 Å². The molecule has 1 rings (SSSR count). The van der Waals surface area contributed by atoms with Gasteiger partial charge in [0.25, 0.3) is 0 Å². The van der Waals surface area contributed by atoms with E-state index in [2.05, 4.69) is 9.97 Å². The van der Waals surface area contributed by atoms with E-state index in [9.17, 15) is 5.11 Å². The molecule has 1 aromatic heterocycles. The van der Waals surface area contributed by atoms with Crippen molar-refractivity contribution in [1.82, 2.24) is 9.97 Å². The summed E-state index contributed by atoms with van der Waals surface area (Å²) in [7, 11) is 1.88. The van der Waals surface area contributed by atoms with Gasteiger partial charge in [0.1, 0.15) is 10.7 Å². The largest absolute Gasteiger partial charge is 0.393 e. The number of nitrogens with two attached hydrogens (primary N) is 1. The first-order valence-electron chi connectivity index (χ1n) is 5.45. The van der Waals surface area contributed by atoms with Gasteiger partial charge < -0.3 is 15.7 Å². The third kappa shape index (κ3) is 4.24. The molecule has 0 saturated carbocycles. The zero-order chi connectivity index (χ0) is 13.0. The van der Waals surface area contributed by atoms with Crippen molar-refractivity contribution in [2.24, 2.45) is 5.73 Å². The molecular formula is C11H18N4OS. The summed E-state index contributed by atoms with van der Waals surface area (Å²) in [6, 6.07) is 1.76. The van der Waals surface area contributed by atoms with Crippen molar-refractivity contribution in [3.05, 3.63) is 17.5 Å². The van der Waals surface area contributed by atoms with Gasteiger partial charge in [0.05, 0.1) is 6.10 Å². The van der Waals surface area contributed by atoms with Crippen molar-refractivity contribution in [3.63, 3.8) is 0 Å². The zero-order valence-electron chi connectivity index (χ0n) is 10.3. The topological polar surface area (TPSA) is 75.3 Å². The minimum Gasteiger partial charge on any atom is -0.393 e. The lowest BCUT2D eigenvalue weighted by atomic mass is 10.3. The molecule has 1 atom stereocenters. The van der Waals surface area contributed by atoms with Crippen LogP contribution < -0.4 is 10.6 Å². The molecule has 0 fully saturated rings. The van der Waals surface area contributed by atoms with Gasteiger partial charge in [-0.05, 0) is 26.3 Å². The number of nitrogens with zero attached hydrogens (tertiary/aromatic N) is 3. The quantitative estimate of drug-likeness (QED) is 0.751. The fourth-order valence-corrected chi connectivity index (χ4v) is 1.43. The number of hydrogen-bond acceptors (Lipinski definition) is 5. The molecule has 0 bridgehead atoms. The highest BCUT2D eigenvalue weighted by Crippen LogP contribution is 2.09. The maximum Gasteiger partial charge on any atom is 0.225 e. The fourth-order valence-electron chi connectivity index (χ4n) is 1.33. The summed E-state index contributed by atoms with van der Waals surface area (Å²) in [5.41, 5.74) is 6.95. The molecule has 6 heteroatoms. The SMILES string of the molecule is Cc1cc(C(N)=S)nc(N(C)CCC(C)O)n1. The molecule has 5 nitrogen and oxygen atoms in total. The normalized spacial score (nSPS) is 12.2. The van der Waals surface area contributed by atoms with E-state index in [0.29, 0.717) is 24.6 Å². The van der Waals surface area contributed by atoms with Crippen LogP contribution in [0.2, 0.25) is 0 Å². The Bertz CT molecular complexity index is 408. The molecule has 1 unspecified atom stereocenters. The van der Waals surface area contributed by atoms with Crippen LogP contribution in [-0.4, -0.2) is 39.8 Å². The summed E-state index contributed by atoms with van der Waals surface area (Å²) in [4.78, 5) is 10.7. The van der Waals surface area contributed by atoms with Gasteiger partial charge in [-0.3, -0.25) is 0 Å². The molecule has 3 N–H and O–H groups in total. The van der Waals surface area contributed by atoms with Gasteiger partial charge >= 0.3 is 0 Å². The van der Waals surface area contributed by atoms with E-state index in [1.165, 1.54) is 0 Å². The standard InChI is InChI=1S/C11H18N4OS/c1-7-6-9(10(12)17)14-11(13-7)15(3)5-4-8(2)16/h6,8,16H,4-5H2,1-3H3,(H2,12,17). The van der Waals surface area contributed by atoms with Gasteiger partial charge in [0, 0.05) is 19.3 Å². The van der Waals surface area contributed by atoms with Crippen molar-refractivity contribution in [2.75, 3.05) is 18.5 Å². The summed E-state index contributed by atoms with van der Waals surface area (Å²) in [6.45, 7) is 4.30. The van der Waals surface area contributed by atoms with Crippen molar-refractivity contribution in [1.29, 1.82) is 0 Å². The van der Waals surface area contributed by atoms with Crippen LogP contribution in [0.15, 0.2) is 6.07 Å². The highest BCUT2D eigenvalue weighted by Gasteiger charge is 2.09. The molecule has 0 saturated heterocycles. The van der Waals surface area contributed by atoms with Crippen LogP contribution in [0.25, 0.3) is 0 Å². The lowest BCUT2D eigenvalue weighted by Gasteiger charge is -2.18. The number of aryl methyl sites for hydroxylation is 1. The Labute approximate surface area is 107 Å². The molecular weight excluding hydrogens is 236 g/mol. The van der Waals surface area contributed by atoms with E-state index in [4.69, 9.17) is 18.0 Å². The highest BCUT2D eigenvalue weighted by atomic mass is 32.1. The summed E-state index contributed by atoms with van der Waals surface area (Å²) >= 11 is 4.90. The summed E-state index contributed by atoms with van der Waals surface area (Å²) in [6.07, 6.45) is 0.327. The third-order valence-electron chi connectivity index (χ3n) is 2.32. The number of hydrogen-bond donors (Lipinski definition) is 2. The van der Waals surface area contributed by atoms with Crippen molar-refractivity contribution < 1.29 is 5.11 Å². The second-order valence-corrected chi connectivity index (χ2v) is 4.56. The van der Waals surface area contributed by atoms with Crippen molar-refractivity contribution >= 4 is 23.2 Å². The van der Waals surface area contributed by atoms with Crippen LogP contribution >= 0.6 is 12.2 Å². The van der Waals surface area contributed by atoms with Crippen molar-refractivity contribution in [3.8, 4) is 0 Å². The average Bonchev–Trinajstić information content (AvgIpc) is 2.24. The van der Waals surface area contributed by atoms with E-state index in [1.807, 2.05) is 18.9 Å². The number of aliphatic hydroxyl groups excluding tert-OH is 1. The monoisotopic (exact) mass is 254 g/mol. The zero-order valence-corrected chi connectivity index (χ0v) is 11.2. The second-order valence-electron chi connectivity index (χ2n) is 4.12. The van der Waals surface area contributed by atoms with Crippen LogP contribution in [0.5, 0.6) is 0 Å². The number of thiocarbonyl (C=S) groups is 1. The van der Waals surface area contributed by atoms with Crippen LogP contribution in [0.1, 0.15) is 24.7 Å². The Morgan fingerprint density at radius 1 is 1.59 bits per heavy atom. The first-order valence-corrected chi connectivity index (χ1v) is 5.85. The minimum absolute atomic E-state index is 0.265. The third-order valence-corrected chi connectivity index (χ3v) is 2.53. The molecule has 0 aliphatic carbocycles. The number of aliphatic hydroxyl groups is 1. The molecule has 0 aliphatic rings. The maximum absolute atomic E-state index is 9.24. The predicted octanol–water partition coefficient (Wildman–Crippen LogP) is 0.626. The van der Waals surface area contributed by atoms with Crippen LogP contribution in [0.4, 0.5) is 5.95 Å². The Hall–Kier alpha value is -1.27. The Morgan fingerprint density at radius 2 is 2.24 bits per heavy atom. The van der Waals surface area contributed by atoms with Crippen molar-refractivity contribution in [2.45, 2.75) is 26.4 Å². The first-order chi connectivity index (χ1) is 7.90. The summed E-state index contributed by atoms with van der Waals surface area (Å²) < 4.78 is 0. The number of rotatable bonds is 5. The second kappa shape index (κ2) is 5.88. The number of aromatic nitrogens is 2. The minimum atomic E-state index is -0.336. The molecule has 0 aromatic carbocycles. The molecule has 0 aliphatic heterocycles. The van der Waals surface area contributed by atoms with Gasteiger partial charge in [-0.2, -0.15) is 0 Å². The lowest BCUT2D eigenvalue weighted by molar-refractivity contribution is 0.186. The molecule has 94 valence electrons. The molecule has 17 heavy (non-hydrogen) atoms. The van der Waals surface area contributed by atoms with E-state index in [-0.39, 0.29) is 11.1 Å². The van der Waals surface area contributed by atoms with E-state index in [1.54, 1.807) is 13.0 Å². The Kier molecular flexibility index (Phi) is 4.77. The van der Waals surface area contributed by atoms with Crippen LogP contribution in [0, 0.1) is 6.92 Å². The lowest BCUT2D eigenvalue weighted by Crippen LogP contribution is -2.25. The molecule has 0 radical (unpaired) electrons. The average molecular weight is 254 g/mol. The molecule has 1 aromatic rings. The Morgan fingerprint density at radius 3 is 2.76 bits per heavy atom. The van der Waals surface area contributed by atoms with Gasteiger partial charge in [0.15, 0.2) is 0 Å². The predicted molar refractivity (Wildman–Crippen MR) is 72.2 cm³/mol. The summed E-state index contributed by atoms with van der Waals surface area (Å²) in [5.74, 6) is 0.577. The molecule has 0 amide bonds.